The van der Waals surface area contributed by atoms with E-state index in [4.69, 9.17) is 15.2 Å². The topological polar surface area (TPSA) is 61.6 Å². The van der Waals surface area contributed by atoms with Gasteiger partial charge in [-0.05, 0) is 54.7 Å². The molecule has 5 heteroatoms. The van der Waals surface area contributed by atoms with Crippen molar-refractivity contribution in [2.75, 3.05) is 7.11 Å². The van der Waals surface area contributed by atoms with E-state index in [1.54, 1.807) is 0 Å². The molecule has 1 amide bonds. The van der Waals surface area contributed by atoms with E-state index < -0.39 is 12.1 Å². The lowest BCUT2D eigenvalue weighted by atomic mass is 9.95. The highest BCUT2D eigenvalue weighted by molar-refractivity contribution is 5.83. The molecular formula is C18H20FNO3. The molecule has 0 heterocycles. The zero-order valence-corrected chi connectivity index (χ0v) is 13.0. The van der Waals surface area contributed by atoms with Crippen LogP contribution in [0.25, 0.3) is 0 Å². The summed E-state index contributed by atoms with van der Waals surface area (Å²) in [6.07, 6.45) is 4.67. The fraction of sp³-hybridized carbons (Fsp3) is 0.389. The molecule has 1 spiro atoms. The molecule has 0 bridgehead atoms. The molecule has 1 aromatic carbocycles. The van der Waals surface area contributed by atoms with Gasteiger partial charge in [0.05, 0.1) is 0 Å². The summed E-state index contributed by atoms with van der Waals surface area (Å²) in [6, 6.07) is 5.83. The number of benzene rings is 1. The molecule has 1 unspecified atom stereocenters. The standard InChI is InChI=1S/C18H20FNO3/c1-11(19)3-6-16(22-2)23-13-5-4-12-7-8-18(14(12)9-13)10-15(18)17(20)21/h3-6,9,15-16H,1,7-8,10H2,2H3,(H2,20,21)/b6-3-/t15-,16?,18-/m0/s1. The maximum absolute atomic E-state index is 12.7. The van der Waals surface area contributed by atoms with Gasteiger partial charge in [-0.15, -0.1) is 0 Å². The number of halogens is 1. The summed E-state index contributed by atoms with van der Waals surface area (Å²) in [7, 11) is 1.48. The number of nitrogens with two attached hydrogens (primary N) is 1. The molecule has 1 aromatic rings. The molecule has 0 aromatic heterocycles. The summed E-state index contributed by atoms with van der Waals surface area (Å²) in [5, 5.41) is 0. The SMILES string of the molecule is C=C(F)/C=C\C(OC)Oc1ccc2c(c1)[C@]1(CC2)C[C@H]1C(N)=O. The number of allylic oxidation sites excluding steroid dienone is 2. The summed E-state index contributed by atoms with van der Waals surface area (Å²) in [5.41, 5.74) is 7.75. The third-order valence-corrected chi connectivity index (χ3v) is 4.80. The monoisotopic (exact) mass is 317 g/mol. The minimum atomic E-state index is -0.705. The lowest BCUT2D eigenvalue weighted by molar-refractivity contribution is -0.119. The van der Waals surface area contributed by atoms with Gasteiger partial charge in [0, 0.05) is 18.4 Å². The van der Waals surface area contributed by atoms with Crippen LogP contribution in [0.15, 0.2) is 42.8 Å². The molecule has 2 aliphatic rings. The Morgan fingerprint density at radius 3 is 2.96 bits per heavy atom. The molecule has 3 rings (SSSR count). The molecule has 23 heavy (non-hydrogen) atoms. The maximum atomic E-state index is 12.7. The first-order valence-electron chi connectivity index (χ1n) is 7.61. The van der Waals surface area contributed by atoms with Gasteiger partial charge in [0.15, 0.2) is 0 Å². The van der Waals surface area contributed by atoms with Crippen LogP contribution in [0.2, 0.25) is 0 Å². The van der Waals surface area contributed by atoms with Gasteiger partial charge in [-0.1, -0.05) is 12.6 Å². The van der Waals surface area contributed by atoms with Crippen molar-refractivity contribution >= 4 is 5.91 Å². The number of methoxy groups -OCH3 is 1. The number of ether oxygens (including phenoxy) is 2. The minimum absolute atomic E-state index is 0.0769. The Balaban J connectivity index is 1.80. The number of carbonyl (C=O) groups excluding carboxylic acids is 1. The molecule has 0 radical (unpaired) electrons. The summed E-state index contributed by atoms with van der Waals surface area (Å²) in [5.74, 6) is -0.248. The fourth-order valence-electron chi connectivity index (χ4n) is 3.54. The molecular weight excluding hydrogens is 297 g/mol. The predicted octanol–water partition coefficient (Wildman–Crippen LogP) is 2.77. The van der Waals surface area contributed by atoms with Crippen molar-refractivity contribution in [1.82, 2.24) is 0 Å². The second-order valence-corrected chi connectivity index (χ2v) is 6.16. The van der Waals surface area contributed by atoms with Crippen molar-refractivity contribution < 1.29 is 18.7 Å². The Labute approximate surface area is 134 Å². The van der Waals surface area contributed by atoms with E-state index in [1.165, 1.54) is 24.8 Å². The van der Waals surface area contributed by atoms with E-state index in [1.807, 2.05) is 18.2 Å². The van der Waals surface area contributed by atoms with E-state index >= 15 is 0 Å². The first-order valence-corrected chi connectivity index (χ1v) is 7.61. The number of fused-ring (bicyclic) bond motifs is 2. The summed E-state index contributed by atoms with van der Waals surface area (Å²) < 4.78 is 23.6. The van der Waals surface area contributed by atoms with Crippen LogP contribution >= 0.6 is 0 Å². The third kappa shape index (κ3) is 2.88. The van der Waals surface area contributed by atoms with Gasteiger partial charge in [-0.3, -0.25) is 4.79 Å². The Bertz CT molecular complexity index is 685. The van der Waals surface area contributed by atoms with Crippen molar-refractivity contribution in [3.05, 3.63) is 53.9 Å². The fourth-order valence-corrected chi connectivity index (χ4v) is 3.54. The summed E-state index contributed by atoms with van der Waals surface area (Å²) >= 11 is 0. The zero-order chi connectivity index (χ0) is 16.6. The molecule has 1 saturated carbocycles. The van der Waals surface area contributed by atoms with Gasteiger partial charge in [0.1, 0.15) is 11.6 Å². The van der Waals surface area contributed by atoms with Crippen molar-refractivity contribution in [2.45, 2.75) is 31.0 Å². The van der Waals surface area contributed by atoms with Gasteiger partial charge in [-0.2, -0.15) is 0 Å². The van der Waals surface area contributed by atoms with Crippen molar-refractivity contribution in [3.8, 4) is 5.75 Å². The average Bonchev–Trinajstić information content (AvgIpc) is 3.15. The molecule has 0 saturated heterocycles. The first-order chi connectivity index (χ1) is 11.0. The predicted molar refractivity (Wildman–Crippen MR) is 84.6 cm³/mol. The minimum Gasteiger partial charge on any atom is -0.461 e. The Kier molecular flexibility index (Phi) is 3.98. The van der Waals surface area contributed by atoms with Crippen LogP contribution in [0.5, 0.6) is 5.75 Å². The average molecular weight is 317 g/mol. The van der Waals surface area contributed by atoms with Crippen LogP contribution in [0.4, 0.5) is 4.39 Å². The van der Waals surface area contributed by atoms with E-state index in [0.717, 1.165) is 24.8 Å². The number of amides is 1. The molecule has 3 atom stereocenters. The number of rotatable bonds is 6. The number of primary amides is 1. The normalized spacial score (nSPS) is 26.3. The van der Waals surface area contributed by atoms with Crippen molar-refractivity contribution in [2.24, 2.45) is 11.7 Å². The molecule has 0 aliphatic heterocycles. The molecule has 4 nitrogen and oxygen atoms in total. The number of hydrogen-bond acceptors (Lipinski definition) is 3. The van der Waals surface area contributed by atoms with E-state index in [0.29, 0.717) is 5.75 Å². The van der Waals surface area contributed by atoms with Gasteiger partial charge in [-0.25, -0.2) is 4.39 Å². The van der Waals surface area contributed by atoms with Crippen LogP contribution in [0.1, 0.15) is 24.0 Å². The van der Waals surface area contributed by atoms with Crippen LogP contribution in [-0.2, 0) is 21.4 Å². The highest BCUT2D eigenvalue weighted by Crippen LogP contribution is 2.61. The quantitative estimate of drug-likeness (QED) is 0.648. The number of hydrogen-bond donors (Lipinski definition) is 1. The second kappa shape index (κ2) is 5.81. The second-order valence-electron chi connectivity index (χ2n) is 6.16. The lowest BCUT2D eigenvalue weighted by Gasteiger charge is -2.16. The third-order valence-electron chi connectivity index (χ3n) is 4.80. The van der Waals surface area contributed by atoms with E-state index in [-0.39, 0.29) is 17.2 Å². The smallest absolute Gasteiger partial charge is 0.221 e. The first kappa shape index (κ1) is 15.7. The Morgan fingerprint density at radius 2 is 2.35 bits per heavy atom. The van der Waals surface area contributed by atoms with E-state index in [2.05, 4.69) is 6.58 Å². The zero-order valence-electron chi connectivity index (χ0n) is 13.0. The summed E-state index contributed by atoms with van der Waals surface area (Å²) in [4.78, 5) is 11.5. The Hall–Kier alpha value is -2.14. The Morgan fingerprint density at radius 1 is 1.57 bits per heavy atom. The molecule has 2 N–H and O–H groups in total. The van der Waals surface area contributed by atoms with Crippen molar-refractivity contribution in [1.29, 1.82) is 0 Å². The van der Waals surface area contributed by atoms with Gasteiger partial charge < -0.3 is 15.2 Å². The highest BCUT2D eigenvalue weighted by atomic mass is 19.1. The van der Waals surface area contributed by atoms with Gasteiger partial charge >= 0.3 is 0 Å². The molecule has 2 aliphatic carbocycles. The van der Waals surface area contributed by atoms with Crippen LogP contribution in [-0.4, -0.2) is 19.3 Å². The number of carbonyl (C=O) groups is 1. The highest BCUT2D eigenvalue weighted by Gasteiger charge is 2.60. The van der Waals surface area contributed by atoms with E-state index in [9.17, 15) is 9.18 Å². The van der Waals surface area contributed by atoms with Crippen molar-refractivity contribution in [3.63, 3.8) is 0 Å². The van der Waals surface area contributed by atoms with Gasteiger partial charge in [0.25, 0.3) is 0 Å². The largest absolute Gasteiger partial charge is 0.461 e. The lowest BCUT2D eigenvalue weighted by Crippen LogP contribution is -2.20. The van der Waals surface area contributed by atoms with Crippen LogP contribution < -0.4 is 10.5 Å². The maximum Gasteiger partial charge on any atom is 0.221 e. The van der Waals surface area contributed by atoms with Crippen LogP contribution in [0.3, 0.4) is 0 Å². The number of aryl methyl sites for hydroxylation is 1. The molecule has 122 valence electrons. The summed E-state index contributed by atoms with van der Waals surface area (Å²) in [6.45, 7) is 3.16. The van der Waals surface area contributed by atoms with Crippen LogP contribution in [0, 0.1) is 5.92 Å². The molecule has 1 fully saturated rings. The van der Waals surface area contributed by atoms with Gasteiger partial charge in [0.2, 0.25) is 12.2 Å².